The molecule has 0 aromatic carbocycles. The topological polar surface area (TPSA) is 44.8 Å². The third kappa shape index (κ3) is 2.21. The summed E-state index contributed by atoms with van der Waals surface area (Å²) in [6.07, 6.45) is 4.75. The monoisotopic (exact) mass is 281 g/mol. The molecule has 2 amide bonds. The molecule has 2 bridgehead atoms. The quantitative estimate of drug-likeness (QED) is 0.848. The molecule has 1 N–H and O–H groups in total. The van der Waals surface area contributed by atoms with E-state index in [4.69, 9.17) is 4.74 Å². The second kappa shape index (κ2) is 5.19. The molecule has 0 aromatic rings. The molecule has 1 spiro atoms. The molecule has 3 saturated heterocycles. The fraction of sp³-hybridized carbons (Fsp3) is 0.933. The van der Waals surface area contributed by atoms with Gasteiger partial charge in [0.05, 0.1) is 12.1 Å². The van der Waals surface area contributed by atoms with Gasteiger partial charge >= 0.3 is 6.03 Å². The van der Waals surface area contributed by atoms with E-state index >= 15 is 0 Å². The van der Waals surface area contributed by atoms with E-state index < -0.39 is 0 Å². The fourth-order valence-electron chi connectivity index (χ4n) is 4.55. The van der Waals surface area contributed by atoms with Crippen molar-refractivity contribution < 1.29 is 9.53 Å². The third-order valence-electron chi connectivity index (χ3n) is 5.14. The lowest BCUT2D eigenvalue weighted by Crippen LogP contribution is -2.59. The number of ether oxygens (including phenoxy) is 1. The van der Waals surface area contributed by atoms with Crippen molar-refractivity contribution in [2.75, 3.05) is 26.8 Å². The van der Waals surface area contributed by atoms with Gasteiger partial charge in [0, 0.05) is 38.3 Å². The molecule has 0 saturated carbocycles. The number of nitrogens with zero attached hydrogens (tertiary/aromatic N) is 2. The zero-order valence-electron chi connectivity index (χ0n) is 12.9. The first-order valence-electron chi connectivity index (χ1n) is 7.89. The van der Waals surface area contributed by atoms with Gasteiger partial charge in [-0.1, -0.05) is 0 Å². The van der Waals surface area contributed by atoms with Gasteiger partial charge < -0.3 is 19.9 Å². The maximum atomic E-state index is 12.7. The number of piperidine rings is 1. The van der Waals surface area contributed by atoms with E-state index in [1.165, 1.54) is 12.8 Å². The minimum atomic E-state index is 0.0517. The first-order valence-corrected chi connectivity index (χ1v) is 7.89. The van der Waals surface area contributed by atoms with E-state index in [0.29, 0.717) is 25.2 Å². The van der Waals surface area contributed by atoms with Crippen LogP contribution in [0.5, 0.6) is 0 Å². The molecular formula is C15H27N3O2. The molecular weight excluding hydrogens is 254 g/mol. The first-order chi connectivity index (χ1) is 9.55. The number of hydrogen-bond acceptors (Lipinski definition) is 3. The van der Waals surface area contributed by atoms with Crippen molar-refractivity contribution in [3.05, 3.63) is 0 Å². The maximum absolute atomic E-state index is 12.7. The summed E-state index contributed by atoms with van der Waals surface area (Å²) >= 11 is 0. The molecule has 0 aliphatic carbocycles. The summed E-state index contributed by atoms with van der Waals surface area (Å²) in [7, 11) is 1.70. The Balaban J connectivity index is 1.83. The largest absolute Gasteiger partial charge is 0.383 e. The summed E-state index contributed by atoms with van der Waals surface area (Å²) in [6.45, 7) is 6.50. The first kappa shape index (κ1) is 14.1. The molecule has 3 rings (SSSR count). The Hall–Kier alpha value is -0.810. The van der Waals surface area contributed by atoms with Crippen molar-refractivity contribution in [3.8, 4) is 0 Å². The van der Waals surface area contributed by atoms with Crippen LogP contribution in [0.2, 0.25) is 0 Å². The standard InChI is InChI=1S/C15H27N3O2/c1-11(2)18-14(19)17(6-7-20-3)10-15(18)8-12-4-5-13(9-15)16-12/h11-13,16H,4-10H2,1-3H3. The minimum Gasteiger partial charge on any atom is -0.383 e. The van der Waals surface area contributed by atoms with Crippen LogP contribution in [0.4, 0.5) is 4.79 Å². The Labute approximate surface area is 121 Å². The normalized spacial score (nSPS) is 36.7. The van der Waals surface area contributed by atoms with Gasteiger partial charge in [0.15, 0.2) is 0 Å². The van der Waals surface area contributed by atoms with E-state index in [0.717, 1.165) is 19.4 Å². The molecule has 0 aromatic heterocycles. The Morgan fingerprint density at radius 3 is 2.55 bits per heavy atom. The summed E-state index contributed by atoms with van der Waals surface area (Å²) in [6, 6.07) is 1.68. The molecule has 114 valence electrons. The van der Waals surface area contributed by atoms with Crippen LogP contribution in [0.15, 0.2) is 0 Å². The molecule has 2 unspecified atom stereocenters. The average Bonchev–Trinajstić information content (AvgIpc) is 2.85. The minimum absolute atomic E-state index is 0.0517. The van der Waals surface area contributed by atoms with Crippen LogP contribution in [0, 0.1) is 0 Å². The van der Waals surface area contributed by atoms with Gasteiger partial charge in [-0.25, -0.2) is 4.79 Å². The van der Waals surface area contributed by atoms with Crippen LogP contribution in [0.3, 0.4) is 0 Å². The summed E-state index contributed by atoms with van der Waals surface area (Å²) in [5.74, 6) is 0. The lowest BCUT2D eigenvalue weighted by atomic mass is 9.82. The third-order valence-corrected chi connectivity index (χ3v) is 5.14. The number of methoxy groups -OCH3 is 1. The summed E-state index contributed by atoms with van der Waals surface area (Å²) < 4.78 is 5.15. The molecule has 2 atom stereocenters. The zero-order chi connectivity index (χ0) is 14.3. The Morgan fingerprint density at radius 2 is 2.00 bits per heavy atom. The second-order valence-corrected chi connectivity index (χ2v) is 6.93. The van der Waals surface area contributed by atoms with Crippen LogP contribution in [-0.2, 0) is 4.74 Å². The van der Waals surface area contributed by atoms with Gasteiger partial charge in [0.25, 0.3) is 0 Å². The van der Waals surface area contributed by atoms with E-state index in [1.54, 1.807) is 7.11 Å². The van der Waals surface area contributed by atoms with E-state index in [-0.39, 0.29) is 17.6 Å². The molecule has 0 radical (unpaired) electrons. The van der Waals surface area contributed by atoms with Crippen molar-refractivity contribution in [2.45, 2.75) is 63.2 Å². The number of amides is 2. The second-order valence-electron chi connectivity index (χ2n) is 6.93. The van der Waals surface area contributed by atoms with Crippen molar-refractivity contribution in [2.24, 2.45) is 0 Å². The number of hydrogen-bond donors (Lipinski definition) is 1. The van der Waals surface area contributed by atoms with Crippen LogP contribution >= 0.6 is 0 Å². The van der Waals surface area contributed by atoms with Crippen molar-refractivity contribution >= 4 is 6.03 Å². The van der Waals surface area contributed by atoms with E-state index in [9.17, 15) is 4.79 Å². The van der Waals surface area contributed by atoms with Crippen LogP contribution < -0.4 is 5.32 Å². The zero-order valence-corrected chi connectivity index (χ0v) is 12.9. The highest BCUT2D eigenvalue weighted by Gasteiger charge is 2.55. The lowest BCUT2D eigenvalue weighted by molar-refractivity contribution is 0.0825. The van der Waals surface area contributed by atoms with Crippen LogP contribution in [0.25, 0.3) is 0 Å². The van der Waals surface area contributed by atoms with Crippen LogP contribution in [-0.4, -0.2) is 66.3 Å². The maximum Gasteiger partial charge on any atom is 0.320 e. The predicted octanol–water partition coefficient (Wildman–Crippen LogP) is 1.43. The van der Waals surface area contributed by atoms with Crippen molar-refractivity contribution in [1.29, 1.82) is 0 Å². The average molecular weight is 281 g/mol. The molecule has 5 nitrogen and oxygen atoms in total. The molecule has 3 aliphatic heterocycles. The predicted molar refractivity (Wildman–Crippen MR) is 77.7 cm³/mol. The summed E-state index contributed by atoms with van der Waals surface area (Å²) in [5, 5.41) is 3.69. The Bertz CT molecular complexity index is 373. The number of carbonyl (C=O) groups excluding carboxylic acids is 1. The number of nitrogens with one attached hydrogen (secondary N) is 1. The van der Waals surface area contributed by atoms with Gasteiger partial charge in [0.2, 0.25) is 0 Å². The number of fused-ring (bicyclic) bond motifs is 2. The summed E-state index contributed by atoms with van der Waals surface area (Å²) in [4.78, 5) is 16.9. The lowest BCUT2D eigenvalue weighted by Gasteiger charge is -2.45. The van der Waals surface area contributed by atoms with Gasteiger partial charge in [0.1, 0.15) is 0 Å². The van der Waals surface area contributed by atoms with Gasteiger partial charge in [-0.15, -0.1) is 0 Å². The number of rotatable bonds is 4. The Morgan fingerprint density at radius 1 is 1.35 bits per heavy atom. The summed E-state index contributed by atoms with van der Waals surface area (Å²) in [5.41, 5.74) is 0.0517. The smallest absolute Gasteiger partial charge is 0.320 e. The van der Waals surface area contributed by atoms with E-state index in [1.807, 2.05) is 4.90 Å². The van der Waals surface area contributed by atoms with Gasteiger partial charge in [-0.3, -0.25) is 0 Å². The van der Waals surface area contributed by atoms with Crippen molar-refractivity contribution in [3.63, 3.8) is 0 Å². The highest BCUT2D eigenvalue weighted by Crippen LogP contribution is 2.43. The molecule has 5 heteroatoms. The number of carbonyl (C=O) groups is 1. The highest BCUT2D eigenvalue weighted by atomic mass is 16.5. The molecule has 3 aliphatic rings. The number of urea groups is 1. The molecule has 3 fully saturated rings. The fourth-order valence-corrected chi connectivity index (χ4v) is 4.55. The Kier molecular flexibility index (Phi) is 3.67. The van der Waals surface area contributed by atoms with Gasteiger partial charge in [-0.2, -0.15) is 0 Å². The van der Waals surface area contributed by atoms with Crippen LogP contribution in [0.1, 0.15) is 39.5 Å². The van der Waals surface area contributed by atoms with E-state index in [2.05, 4.69) is 24.1 Å². The molecule has 3 heterocycles. The van der Waals surface area contributed by atoms with Crippen molar-refractivity contribution in [1.82, 2.24) is 15.1 Å². The van der Waals surface area contributed by atoms with Gasteiger partial charge in [-0.05, 0) is 39.5 Å². The highest BCUT2D eigenvalue weighted by molar-refractivity contribution is 5.78. The SMILES string of the molecule is COCCN1CC2(CC3CCC(C2)N3)N(C(C)C)C1=O. The molecule has 20 heavy (non-hydrogen) atoms.